The topological polar surface area (TPSA) is 63.4 Å². The molecule has 0 aromatic heterocycles. The fourth-order valence-corrected chi connectivity index (χ4v) is 3.25. The zero-order valence-corrected chi connectivity index (χ0v) is 12.8. The number of hydrogen-bond acceptors (Lipinski definition) is 3. The van der Waals surface area contributed by atoms with Crippen molar-refractivity contribution < 1.29 is 12.8 Å². The fourth-order valence-electron chi connectivity index (χ4n) is 1.86. The molecule has 0 spiro atoms. The van der Waals surface area contributed by atoms with Gasteiger partial charge in [-0.3, -0.25) is 0 Å². The van der Waals surface area contributed by atoms with E-state index in [9.17, 15) is 12.8 Å². The average molecular weight is 329 g/mol. The van der Waals surface area contributed by atoms with Gasteiger partial charge < -0.3 is 5.73 Å². The molecule has 0 saturated heterocycles. The number of hydrogen-bond donors (Lipinski definition) is 1. The van der Waals surface area contributed by atoms with Gasteiger partial charge in [-0.1, -0.05) is 23.7 Å². The van der Waals surface area contributed by atoms with E-state index < -0.39 is 15.8 Å². The first-order valence-corrected chi connectivity index (χ1v) is 7.89. The predicted octanol–water partition coefficient (Wildman–Crippen LogP) is 2.88. The fraction of sp³-hybridized carbons (Fsp3) is 0.143. The number of halogens is 2. The minimum atomic E-state index is -3.94. The molecule has 0 unspecified atom stereocenters. The largest absolute Gasteiger partial charge is 0.399 e. The van der Waals surface area contributed by atoms with E-state index in [1.807, 2.05) is 0 Å². The minimum absolute atomic E-state index is 0.000537. The summed E-state index contributed by atoms with van der Waals surface area (Å²) < 4.78 is 39.4. The summed E-state index contributed by atoms with van der Waals surface area (Å²) in [5.74, 6) is -0.789. The van der Waals surface area contributed by atoms with Gasteiger partial charge in [0.2, 0.25) is 10.0 Å². The third-order valence-electron chi connectivity index (χ3n) is 2.99. The molecule has 0 aliphatic carbocycles. The molecule has 0 aliphatic heterocycles. The molecule has 4 nitrogen and oxygen atoms in total. The summed E-state index contributed by atoms with van der Waals surface area (Å²) in [5, 5.41) is 0.403. The van der Waals surface area contributed by atoms with Crippen LogP contribution >= 0.6 is 11.6 Å². The van der Waals surface area contributed by atoms with E-state index in [4.69, 9.17) is 17.3 Å². The van der Waals surface area contributed by atoms with Crippen molar-refractivity contribution in [3.8, 4) is 0 Å². The third-order valence-corrected chi connectivity index (χ3v) is 5.19. The van der Waals surface area contributed by atoms with Crippen molar-refractivity contribution in [3.05, 3.63) is 58.9 Å². The molecule has 0 heterocycles. The van der Waals surface area contributed by atoms with Crippen LogP contribution in [-0.2, 0) is 16.6 Å². The SMILES string of the molecule is CN(Cc1cc(N)ccc1Cl)S(=O)(=O)c1ccccc1F. The van der Waals surface area contributed by atoms with E-state index in [1.165, 1.54) is 25.2 Å². The number of nitrogens with two attached hydrogens (primary N) is 1. The lowest BCUT2D eigenvalue weighted by Crippen LogP contribution is -2.27. The average Bonchev–Trinajstić information content (AvgIpc) is 2.43. The van der Waals surface area contributed by atoms with Crippen molar-refractivity contribution in [3.63, 3.8) is 0 Å². The molecule has 2 aromatic carbocycles. The van der Waals surface area contributed by atoms with Gasteiger partial charge in [-0.2, -0.15) is 4.31 Å². The molecule has 2 aromatic rings. The van der Waals surface area contributed by atoms with Gasteiger partial charge in [0.05, 0.1) is 0 Å². The summed E-state index contributed by atoms with van der Waals surface area (Å²) in [5.41, 5.74) is 6.69. The van der Waals surface area contributed by atoms with Crippen molar-refractivity contribution in [1.82, 2.24) is 4.31 Å². The van der Waals surface area contributed by atoms with Crippen LogP contribution in [0.3, 0.4) is 0 Å². The Balaban J connectivity index is 2.33. The number of rotatable bonds is 4. The molecule has 0 saturated carbocycles. The van der Waals surface area contributed by atoms with Crippen LogP contribution in [0.15, 0.2) is 47.4 Å². The number of sulfonamides is 1. The van der Waals surface area contributed by atoms with Crippen molar-refractivity contribution in [1.29, 1.82) is 0 Å². The smallest absolute Gasteiger partial charge is 0.246 e. The van der Waals surface area contributed by atoms with Gasteiger partial charge in [0, 0.05) is 24.3 Å². The summed E-state index contributed by atoms with van der Waals surface area (Å²) in [6.07, 6.45) is 0. The highest BCUT2D eigenvalue weighted by Gasteiger charge is 2.24. The molecule has 2 N–H and O–H groups in total. The number of benzene rings is 2. The molecular formula is C14H14ClFN2O2S. The maximum absolute atomic E-state index is 13.7. The van der Waals surface area contributed by atoms with Gasteiger partial charge in [0.1, 0.15) is 10.7 Å². The Morgan fingerprint density at radius 1 is 1.24 bits per heavy atom. The predicted molar refractivity (Wildman–Crippen MR) is 80.9 cm³/mol. The van der Waals surface area contributed by atoms with Gasteiger partial charge in [-0.15, -0.1) is 0 Å². The molecule has 7 heteroatoms. The van der Waals surface area contributed by atoms with Gasteiger partial charge >= 0.3 is 0 Å². The zero-order valence-electron chi connectivity index (χ0n) is 11.3. The van der Waals surface area contributed by atoms with E-state index >= 15 is 0 Å². The summed E-state index contributed by atoms with van der Waals surface area (Å²) in [7, 11) is -2.58. The van der Waals surface area contributed by atoms with E-state index in [0.29, 0.717) is 16.3 Å². The standard InChI is InChI=1S/C14H14ClFN2O2S/c1-18(9-10-8-11(17)6-7-12(10)15)21(19,20)14-5-3-2-4-13(14)16/h2-8H,9,17H2,1H3. The first-order valence-electron chi connectivity index (χ1n) is 6.07. The lowest BCUT2D eigenvalue weighted by Gasteiger charge is -2.18. The van der Waals surface area contributed by atoms with Crippen molar-refractivity contribution in [2.45, 2.75) is 11.4 Å². The quantitative estimate of drug-likeness (QED) is 0.878. The van der Waals surface area contributed by atoms with Crippen LogP contribution in [0, 0.1) is 5.82 Å². The normalized spacial score (nSPS) is 11.8. The van der Waals surface area contributed by atoms with Crippen molar-refractivity contribution >= 4 is 27.3 Å². The molecule has 112 valence electrons. The Bertz CT molecular complexity index is 765. The van der Waals surface area contributed by atoms with E-state index in [0.717, 1.165) is 10.4 Å². The third kappa shape index (κ3) is 3.34. The van der Waals surface area contributed by atoms with Gasteiger partial charge in [-0.25, -0.2) is 12.8 Å². The number of anilines is 1. The molecule has 0 aliphatic rings. The van der Waals surface area contributed by atoms with Crippen LogP contribution in [0.25, 0.3) is 0 Å². The van der Waals surface area contributed by atoms with Gasteiger partial charge in [0.25, 0.3) is 0 Å². The Hall–Kier alpha value is -1.63. The molecule has 2 rings (SSSR count). The highest BCUT2D eigenvalue weighted by atomic mass is 35.5. The number of nitrogen functional groups attached to an aromatic ring is 1. The Labute approximate surface area is 128 Å². The Morgan fingerprint density at radius 3 is 2.57 bits per heavy atom. The summed E-state index contributed by atoms with van der Waals surface area (Å²) in [6, 6.07) is 10.0. The van der Waals surface area contributed by atoms with Crippen LogP contribution in [0.5, 0.6) is 0 Å². The van der Waals surface area contributed by atoms with Crippen LogP contribution in [0.1, 0.15) is 5.56 Å². The second kappa shape index (κ2) is 6.01. The highest BCUT2D eigenvalue weighted by Crippen LogP contribution is 2.24. The summed E-state index contributed by atoms with van der Waals surface area (Å²) in [6.45, 7) is 0.000537. The Kier molecular flexibility index (Phi) is 4.51. The molecule has 0 radical (unpaired) electrons. The lowest BCUT2D eigenvalue weighted by atomic mass is 10.2. The second-order valence-electron chi connectivity index (χ2n) is 4.54. The second-order valence-corrected chi connectivity index (χ2v) is 6.96. The maximum Gasteiger partial charge on any atom is 0.246 e. The molecule has 0 atom stereocenters. The molecule has 0 fully saturated rings. The van der Waals surface area contributed by atoms with Gasteiger partial charge in [0.15, 0.2) is 0 Å². The Morgan fingerprint density at radius 2 is 1.90 bits per heavy atom. The molecular weight excluding hydrogens is 315 g/mol. The van der Waals surface area contributed by atoms with E-state index in [2.05, 4.69) is 0 Å². The monoisotopic (exact) mass is 328 g/mol. The van der Waals surface area contributed by atoms with Crippen molar-refractivity contribution in [2.75, 3.05) is 12.8 Å². The maximum atomic E-state index is 13.7. The number of nitrogens with zero attached hydrogens (tertiary/aromatic N) is 1. The molecule has 0 amide bonds. The zero-order chi connectivity index (χ0) is 15.6. The summed E-state index contributed by atoms with van der Waals surface area (Å²) >= 11 is 6.02. The van der Waals surface area contributed by atoms with Crippen LogP contribution < -0.4 is 5.73 Å². The minimum Gasteiger partial charge on any atom is -0.399 e. The first-order chi connectivity index (χ1) is 9.82. The van der Waals surface area contributed by atoms with Crippen molar-refractivity contribution in [2.24, 2.45) is 0 Å². The van der Waals surface area contributed by atoms with E-state index in [-0.39, 0.29) is 11.4 Å². The highest BCUT2D eigenvalue weighted by molar-refractivity contribution is 7.89. The van der Waals surface area contributed by atoms with E-state index in [1.54, 1.807) is 18.2 Å². The first kappa shape index (κ1) is 15.8. The van der Waals surface area contributed by atoms with Crippen LogP contribution in [-0.4, -0.2) is 19.8 Å². The van der Waals surface area contributed by atoms with Crippen LogP contribution in [0.4, 0.5) is 10.1 Å². The van der Waals surface area contributed by atoms with Crippen LogP contribution in [0.2, 0.25) is 5.02 Å². The molecule has 0 bridgehead atoms. The molecule has 21 heavy (non-hydrogen) atoms. The van der Waals surface area contributed by atoms with Gasteiger partial charge in [-0.05, 0) is 35.9 Å². The lowest BCUT2D eigenvalue weighted by molar-refractivity contribution is 0.460. The summed E-state index contributed by atoms with van der Waals surface area (Å²) in [4.78, 5) is -0.368.